The highest BCUT2D eigenvalue weighted by Gasteiger charge is 2.21. The second-order valence-corrected chi connectivity index (χ2v) is 6.05. The highest BCUT2D eigenvalue weighted by Crippen LogP contribution is 2.23. The zero-order valence-corrected chi connectivity index (χ0v) is 13.7. The van der Waals surface area contributed by atoms with Crippen LogP contribution in [0.2, 0.25) is 0 Å². The molecule has 0 spiro atoms. The van der Waals surface area contributed by atoms with Crippen LogP contribution < -0.4 is 10.6 Å². The standard InChI is InChI=1S/C16H27N3O2/c1-6-21-16(20)14-7-13(17)8-18-15(14)19(9-11(2)3)10-12(4)5/h7-8,11-12H,6,9-10,17H2,1-5H3. The molecule has 5 nitrogen and oxygen atoms in total. The fraction of sp³-hybridized carbons (Fsp3) is 0.625. The molecule has 0 saturated heterocycles. The number of nitrogen functional groups attached to an aromatic ring is 1. The Morgan fingerprint density at radius 1 is 1.29 bits per heavy atom. The van der Waals surface area contributed by atoms with Gasteiger partial charge in [0.25, 0.3) is 0 Å². The van der Waals surface area contributed by atoms with Crippen molar-refractivity contribution in [1.29, 1.82) is 0 Å². The third kappa shape index (κ3) is 5.25. The van der Waals surface area contributed by atoms with Gasteiger partial charge < -0.3 is 15.4 Å². The fourth-order valence-electron chi connectivity index (χ4n) is 2.21. The summed E-state index contributed by atoms with van der Waals surface area (Å²) in [5.41, 5.74) is 6.69. The molecule has 118 valence electrons. The minimum Gasteiger partial charge on any atom is -0.462 e. The first-order valence-electron chi connectivity index (χ1n) is 7.52. The molecule has 21 heavy (non-hydrogen) atoms. The van der Waals surface area contributed by atoms with Crippen LogP contribution >= 0.6 is 0 Å². The molecule has 1 heterocycles. The van der Waals surface area contributed by atoms with Gasteiger partial charge in [-0.25, -0.2) is 9.78 Å². The summed E-state index contributed by atoms with van der Waals surface area (Å²) >= 11 is 0. The summed E-state index contributed by atoms with van der Waals surface area (Å²) in [6.45, 7) is 12.4. The third-order valence-electron chi connectivity index (χ3n) is 2.85. The summed E-state index contributed by atoms with van der Waals surface area (Å²) < 4.78 is 5.12. The monoisotopic (exact) mass is 293 g/mol. The molecule has 0 aromatic carbocycles. The summed E-state index contributed by atoms with van der Waals surface area (Å²) in [5, 5.41) is 0. The summed E-state index contributed by atoms with van der Waals surface area (Å²) in [5.74, 6) is 1.23. The van der Waals surface area contributed by atoms with Gasteiger partial charge in [0.1, 0.15) is 11.4 Å². The van der Waals surface area contributed by atoms with E-state index < -0.39 is 0 Å². The molecule has 2 N–H and O–H groups in total. The lowest BCUT2D eigenvalue weighted by Gasteiger charge is -2.28. The van der Waals surface area contributed by atoms with E-state index in [1.807, 2.05) is 0 Å². The number of carbonyl (C=O) groups is 1. The highest BCUT2D eigenvalue weighted by atomic mass is 16.5. The maximum Gasteiger partial charge on any atom is 0.341 e. The average Bonchev–Trinajstić information content (AvgIpc) is 2.37. The van der Waals surface area contributed by atoms with E-state index in [-0.39, 0.29) is 5.97 Å². The van der Waals surface area contributed by atoms with Crippen molar-refractivity contribution in [3.63, 3.8) is 0 Å². The maximum absolute atomic E-state index is 12.1. The van der Waals surface area contributed by atoms with Crippen molar-refractivity contribution >= 4 is 17.5 Å². The van der Waals surface area contributed by atoms with Crippen LogP contribution in [-0.4, -0.2) is 30.6 Å². The van der Waals surface area contributed by atoms with Crippen molar-refractivity contribution in [2.75, 3.05) is 30.3 Å². The Hall–Kier alpha value is -1.78. The van der Waals surface area contributed by atoms with E-state index in [1.165, 1.54) is 0 Å². The van der Waals surface area contributed by atoms with Gasteiger partial charge in [0.2, 0.25) is 0 Å². The molecule has 1 aromatic heterocycles. The number of nitrogens with zero attached hydrogens (tertiary/aromatic N) is 2. The highest BCUT2D eigenvalue weighted by molar-refractivity contribution is 5.95. The van der Waals surface area contributed by atoms with E-state index in [2.05, 4.69) is 37.6 Å². The number of aromatic nitrogens is 1. The van der Waals surface area contributed by atoms with Gasteiger partial charge in [-0.2, -0.15) is 0 Å². The Morgan fingerprint density at radius 3 is 2.33 bits per heavy atom. The van der Waals surface area contributed by atoms with E-state index in [1.54, 1.807) is 19.2 Å². The van der Waals surface area contributed by atoms with E-state index in [0.717, 1.165) is 13.1 Å². The first kappa shape index (κ1) is 17.3. The first-order chi connectivity index (χ1) is 9.85. The lowest BCUT2D eigenvalue weighted by atomic mass is 10.1. The van der Waals surface area contributed by atoms with E-state index in [0.29, 0.717) is 35.5 Å². The molecule has 5 heteroatoms. The van der Waals surface area contributed by atoms with Crippen LogP contribution in [0.4, 0.5) is 11.5 Å². The zero-order valence-electron chi connectivity index (χ0n) is 13.7. The summed E-state index contributed by atoms with van der Waals surface area (Å²) in [6, 6.07) is 1.65. The van der Waals surface area contributed by atoms with Crippen LogP contribution in [0.3, 0.4) is 0 Å². The molecule has 1 aromatic rings. The van der Waals surface area contributed by atoms with E-state index in [4.69, 9.17) is 10.5 Å². The van der Waals surface area contributed by atoms with Crippen LogP contribution in [-0.2, 0) is 4.74 Å². The number of rotatable bonds is 7. The van der Waals surface area contributed by atoms with Crippen molar-refractivity contribution in [3.05, 3.63) is 17.8 Å². The van der Waals surface area contributed by atoms with Crippen LogP contribution in [0.15, 0.2) is 12.3 Å². The van der Waals surface area contributed by atoms with Crippen molar-refractivity contribution in [2.24, 2.45) is 11.8 Å². The van der Waals surface area contributed by atoms with Gasteiger partial charge in [-0.3, -0.25) is 0 Å². The topological polar surface area (TPSA) is 68.5 Å². The summed E-state index contributed by atoms with van der Waals surface area (Å²) in [7, 11) is 0. The number of hydrogen-bond acceptors (Lipinski definition) is 5. The number of pyridine rings is 1. The van der Waals surface area contributed by atoms with Gasteiger partial charge in [-0.15, -0.1) is 0 Å². The molecule has 0 aliphatic carbocycles. The Labute approximate surface area is 127 Å². The van der Waals surface area contributed by atoms with Gasteiger partial charge in [0, 0.05) is 13.1 Å². The summed E-state index contributed by atoms with van der Waals surface area (Å²) in [6.07, 6.45) is 1.59. The van der Waals surface area contributed by atoms with Crippen LogP contribution in [0, 0.1) is 11.8 Å². The number of carbonyl (C=O) groups excluding carboxylic acids is 1. The van der Waals surface area contributed by atoms with Crippen molar-refractivity contribution in [2.45, 2.75) is 34.6 Å². The van der Waals surface area contributed by atoms with Crippen LogP contribution in [0.1, 0.15) is 45.0 Å². The third-order valence-corrected chi connectivity index (χ3v) is 2.85. The minimum absolute atomic E-state index is 0.335. The first-order valence-corrected chi connectivity index (χ1v) is 7.52. The maximum atomic E-state index is 12.1. The van der Waals surface area contributed by atoms with Crippen LogP contribution in [0.25, 0.3) is 0 Å². The molecule has 1 rings (SSSR count). The molecule has 0 aliphatic rings. The molecule has 0 aliphatic heterocycles. The quantitative estimate of drug-likeness (QED) is 0.783. The predicted molar refractivity (Wildman–Crippen MR) is 86.5 cm³/mol. The molecule has 0 amide bonds. The predicted octanol–water partition coefficient (Wildman–Crippen LogP) is 2.96. The van der Waals surface area contributed by atoms with Crippen molar-refractivity contribution in [3.8, 4) is 0 Å². The molecule has 0 fully saturated rings. The van der Waals surface area contributed by atoms with Crippen molar-refractivity contribution < 1.29 is 9.53 Å². The SMILES string of the molecule is CCOC(=O)c1cc(N)cnc1N(CC(C)C)CC(C)C. The van der Waals surface area contributed by atoms with Gasteiger partial charge in [0.05, 0.1) is 18.5 Å². The molecule has 0 saturated carbocycles. The normalized spacial score (nSPS) is 11.0. The Morgan fingerprint density at radius 2 is 1.86 bits per heavy atom. The van der Waals surface area contributed by atoms with Crippen molar-refractivity contribution in [1.82, 2.24) is 4.98 Å². The second kappa shape index (κ2) is 7.86. The lowest BCUT2D eigenvalue weighted by molar-refractivity contribution is 0.0526. The number of esters is 1. The molecular weight excluding hydrogens is 266 g/mol. The van der Waals surface area contributed by atoms with Crippen LogP contribution in [0.5, 0.6) is 0 Å². The molecule has 0 bridgehead atoms. The number of nitrogens with two attached hydrogens (primary N) is 1. The molecule has 0 atom stereocenters. The van der Waals surface area contributed by atoms with Gasteiger partial charge >= 0.3 is 5.97 Å². The van der Waals surface area contributed by atoms with Gasteiger partial charge in [0.15, 0.2) is 0 Å². The largest absolute Gasteiger partial charge is 0.462 e. The Balaban J connectivity index is 3.19. The second-order valence-electron chi connectivity index (χ2n) is 6.05. The minimum atomic E-state index is -0.371. The Kier molecular flexibility index (Phi) is 6.46. The summed E-state index contributed by atoms with van der Waals surface area (Å²) in [4.78, 5) is 18.7. The van der Waals surface area contributed by atoms with Gasteiger partial charge in [-0.05, 0) is 24.8 Å². The smallest absolute Gasteiger partial charge is 0.341 e. The number of anilines is 2. The zero-order chi connectivity index (χ0) is 16.0. The number of hydrogen-bond donors (Lipinski definition) is 1. The van der Waals surface area contributed by atoms with E-state index in [9.17, 15) is 4.79 Å². The van der Waals surface area contributed by atoms with E-state index >= 15 is 0 Å². The van der Waals surface area contributed by atoms with Gasteiger partial charge in [-0.1, -0.05) is 27.7 Å². The molecule has 0 radical (unpaired) electrons. The molecular formula is C16H27N3O2. The average molecular weight is 293 g/mol. The number of ether oxygens (including phenoxy) is 1. The fourth-order valence-corrected chi connectivity index (χ4v) is 2.21. The Bertz CT molecular complexity index is 463. The lowest BCUT2D eigenvalue weighted by Crippen LogP contribution is -2.33. The molecule has 0 unspecified atom stereocenters.